The van der Waals surface area contributed by atoms with Gasteiger partial charge in [-0.1, -0.05) is 11.6 Å². The first-order valence-corrected chi connectivity index (χ1v) is 10.7. The Bertz CT molecular complexity index is 1170. The maximum absolute atomic E-state index is 14.7. The van der Waals surface area contributed by atoms with Crippen molar-refractivity contribution in [3.8, 4) is 6.07 Å². The van der Waals surface area contributed by atoms with Crippen molar-refractivity contribution in [1.29, 1.82) is 5.26 Å². The van der Waals surface area contributed by atoms with E-state index in [4.69, 9.17) is 16.9 Å². The van der Waals surface area contributed by atoms with E-state index in [2.05, 4.69) is 10.6 Å². The van der Waals surface area contributed by atoms with E-state index in [1.807, 2.05) is 6.07 Å². The summed E-state index contributed by atoms with van der Waals surface area (Å²) in [5, 5.41) is 14.3. The number of nitriles is 1. The van der Waals surface area contributed by atoms with Crippen LogP contribution in [0.5, 0.6) is 0 Å². The predicted octanol–water partition coefficient (Wildman–Crippen LogP) is 2.56. The van der Waals surface area contributed by atoms with Crippen LogP contribution in [-0.2, 0) is 20.8 Å². The number of halogens is 3. The number of hydrogen-bond donors (Lipinski definition) is 2. The first kappa shape index (κ1) is 22.7. The Balaban J connectivity index is 1.36. The van der Waals surface area contributed by atoms with Crippen molar-refractivity contribution < 1.29 is 23.2 Å². The van der Waals surface area contributed by atoms with Crippen LogP contribution >= 0.6 is 11.6 Å². The molecular weight excluding hydrogens is 454 g/mol. The molecule has 0 aliphatic carbocycles. The molecule has 1 unspecified atom stereocenters. The van der Waals surface area contributed by atoms with Gasteiger partial charge in [0.1, 0.15) is 11.6 Å². The van der Waals surface area contributed by atoms with Crippen LogP contribution in [0, 0.1) is 23.0 Å². The predicted molar refractivity (Wildman–Crippen MR) is 115 cm³/mol. The molecule has 3 amide bonds. The van der Waals surface area contributed by atoms with Gasteiger partial charge in [0, 0.05) is 35.8 Å². The van der Waals surface area contributed by atoms with Gasteiger partial charge in [-0.15, -0.1) is 0 Å². The minimum Gasteiger partial charge on any atom is -0.367 e. The standard InChI is InChI=1S/C23H19ClF2N4O3/c24-14-4-12(3-13(5-14)9-27)6-21(32)28-15-10-30(11-15)16-7-18(25)22(19(26)8-16)17-1-2-20(31)29-23(17)33/h3-5,7-8,15,17H,1-2,6,10-11H2,(H,28,32)(H,29,31,33). The lowest BCUT2D eigenvalue weighted by Crippen LogP contribution is -2.59. The number of rotatable bonds is 5. The summed E-state index contributed by atoms with van der Waals surface area (Å²) in [6, 6.07) is 8.83. The van der Waals surface area contributed by atoms with Crippen molar-refractivity contribution in [2.75, 3.05) is 18.0 Å². The van der Waals surface area contributed by atoms with E-state index in [0.717, 1.165) is 12.1 Å². The van der Waals surface area contributed by atoms with Gasteiger partial charge in [-0.05, 0) is 42.3 Å². The molecule has 2 aliphatic heterocycles. The number of carbonyl (C=O) groups excluding carboxylic acids is 3. The first-order valence-electron chi connectivity index (χ1n) is 10.3. The highest BCUT2D eigenvalue weighted by Gasteiger charge is 2.34. The van der Waals surface area contributed by atoms with E-state index in [-0.39, 0.29) is 36.8 Å². The molecule has 10 heteroatoms. The number of nitrogens with one attached hydrogen (secondary N) is 2. The maximum Gasteiger partial charge on any atom is 0.234 e. The van der Waals surface area contributed by atoms with Crippen LogP contribution in [0.25, 0.3) is 0 Å². The largest absolute Gasteiger partial charge is 0.367 e. The lowest BCUT2D eigenvalue weighted by Gasteiger charge is -2.41. The van der Waals surface area contributed by atoms with Gasteiger partial charge >= 0.3 is 0 Å². The molecule has 0 spiro atoms. The second kappa shape index (κ2) is 9.16. The third kappa shape index (κ3) is 4.96. The van der Waals surface area contributed by atoms with Crippen molar-refractivity contribution in [2.24, 2.45) is 0 Å². The molecule has 2 heterocycles. The van der Waals surface area contributed by atoms with Crippen molar-refractivity contribution in [1.82, 2.24) is 10.6 Å². The van der Waals surface area contributed by atoms with Gasteiger partial charge < -0.3 is 10.2 Å². The van der Waals surface area contributed by atoms with Crippen LogP contribution < -0.4 is 15.5 Å². The van der Waals surface area contributed by atoms with Crippen LogP contribution in [-0.4, -0.2) is 36.9 Å². The summed E-state index contributed by atoms with van der Waals surface area (Å²) >= 11 is 5.96. The number of hydrogen-bond acceptors (Lipinski definition) is 5. The van der Waals surface area contributed by atoms with Crippen molar-refractivity contribution in [2.45, 2.75) is 31.2 Å². The summed E-state index contributed by atoms with van der Waals surface area (Å²) in [5.74, 6) is -4.15. The normalized spacial score (nSPS) is 18.4. The van der Waals surface area contributed by atoms with Gasteiger partial charge in [-0.2, -0.15) is 5.26 Å². The van der Waals surface area contributed by atoms with E-state index in [0.29, 0.717) is 34.9 Å². The van der Waals surface area contributed by atoms with Crippen molar-refractivity contribution in [3.63, 3.8) is 0 Å². The molecule has 0 saturated carbocycles. The molecule has 2 fully saturated rings. The molecule has 2 saturated heterocycles. The quantitative estimate of drug-likeness (QED) is 0.651. The van der Waals surface area contributed by atoms with Gasteiger partial charge in [0.15, 0.2) is 0 Å². The smallest absolute Gasteiger partial charge is 0.234 e. The summed E-state index contributed by atoms with van der Waals surface area (Å²) in [7, 11) is 0. The third-order valence-electron chi connectivity index (χ3n) is 5.71. The first-order chi connectivity index (χ1) is 15.7. The third-order valence-corrected chi connectivity index (χ3v) is 5.93. The summed E-state index contributed by atoms with van der Waals surface area (Å²) < 4.78 is 29.4. The Labute approximate surface area is 193 Å². The number of piperidine rings is 1. The molecule has 2 aromatic carbocycles. The maximum atomic E-state index is 14.7. The Morgan fingerprint density at radius 3 is 2.52 bits per heavy atom. The van der Waals surface area contributed by atoms with Gasteiger partial charge in [0.25, 0.3) is 0 Å². The molecule has 1 atom stereocenters. The second-order valence-electron chi connectivity index (χ2n) is 8.13. The Kier molecular flexibility index (Phi) is 6.29. The van der Waals surface area contributed by atoms with Crippen LogP contribution in [0.3, 0.4) is 0 Å². The molecule has 0 radical (unpaired) electrons. The second-order valence-corrected chi connectivity index (χ2v) is 8.57. The van der Waals surface area contributed by atoms with E-state index in [9.17, 15) is 23.2 Å². The SMILES string of the molecule is N#Cc1cc(Cl)cc(CC(=O)NC2CN(c3cc(F)c(C4CCC(=O)NC4=O)c(F)c3)C2)c1. The van der Waals surface area contributed by atoms with Gasteiger partial charge in [-0.3, -0.25) is 19.7 Å². The molecule has 2 aromatic rings. The molecule has 4 rings (SSSR count). The number of amides is 3. The van der Waals surface area contributed by atoms with Crippen molar-refractivity contribution >= 4 is 35.0 Å². The number of nitrogens with zero attached hydrogens (tertiary/aromatic N) is 2. The molecule has 2 aliphatic rings. The molecule has 0 aromatic heterocycles. The van der Waals surface area contributed by atoms with Crippen molar-refractivity contribution in [3.05, 3.63) is 63.7 Å². The Hall–Kier alpha value is -3.51. The fraction of sp³-hybridized carbons (Fsp3) is 0.304. The summed E-state index contributed by atoms with van der Waals surface area (Å²) in [6.45, 7) is 0.725. The molecular formula is C23H19ClF2N4O3. The fourth-order valence-corrected chi connectivity index (χ4v) is 4.37. The summed E-state index contributed by atoms with van der Waals surface area (Å²) in [4.78, 5) is 37.3. The van der Waals surface area contributed by atoms with E-state index in [1.54, 1.807) is 17.0 Å². The minimum atomic E-state index is -1.05. The van der Waals surface area contributed by atoms with Gasteiger partial charge in [0.05, 0.1) is 30.0 Å². The van der Waals surface area contributed by atoms with Crippen LogP contribution in [0.2, 0.25) is 5.02 Å². The lowest BCUT2D eigenvalue weighted by molar-refractivity contribution is -0.134. The zero-order valence-electron chi connectivity index (χ0n) is 17.3. The number of anilines is 1. The van der Waals surface area contributed by atoms with Crippen LogP contribution in [0.1, 0.15) is 35.4 Å². The lowest BCUT2D eigenvalue weighted by atomic mass is 9.89. The van der Waals surface area contributed by atoms with E-state index < -0.39 is 29.4 Å². The van der Waals surface area contributed by atoms with E-state index in [1.165, 1.54) is 6.07 Å². The Morgan fingerprint density at radius 1 is 1.18 bits per heavy atom. The molecule has 2 N–H and O–H groups in total. The molecule has 33 heavy (non-hydrogen) atoms. The zero-order chi connectivity index (χ0) is 23.7. The number of imide groups is 1. The summed E-state index contributed by atoms with van der Waals surface area (Å²) in [5.41, 5.74) is 0.943. The average molecular weight is 473 g/mol. The Morgan fingerprint density at radius 2 is 1.88 bits per heavy atom. The topological polar surface area (TPSA) is 102 Å². The molecule has 170 valence electrons. The van der Waals surface area contributed by atoms with Crippen LogP contribution in [0.15, 0.2) is 30.3 Å². The highest BCUT2D eigenvalue weighted by atomic mass is 35.5. The molecule has 7 nitrogen and oxygen atoms in total. The van der Waals surface area contributed by atoms with Crippen LogP contribution in [0.4, 0.5) is 14.5 Å². The summed E-state index contributed by atoms with van der Waals surface area (Å²) in [6.07, 6.45) is 0.130. The molecule has 0 bridgehead atoms. The number of benzene rings is 2. The highest BCUT2D eigenvalue weighted by Crippen LogP contribution is 2.33. The number of carbonyl (C=O) groups is 3. The highest BCUT2D eigenvalue weighted by molar-refractivity contribution is 6.30. The zero-order valence-corrected chi connectivity index (χ0v) is 18.1. The minimum absolute atomic E-state index is 0.0253. The van der Waals surface area contributed by atoms with Gasteiger partial charge in [-0.25, -0.2) is 8.78 Å². The van der Waals surface area contributed by atoms with E-state index >= 15 is 0 Å². The van der Waals surface area contributed by atoms with Gasteiger partial charge in [0.2, 0.25) is 17.7 Å². The fourth-order valence-electron chi connectivity index (χ4n) is 4.12. The average Bonchev–Trinajstić information content (AvgIpc) is 2.70. The monoisotopic (exact) mass is 472 g/mol.